The highest BCUT2D eigenvalue weighted by Gasteiger charge is 2.23. The van der Waals surface area contributed by atoms with Gasteiger partial charge in [-0.25, -0.2) is 4.79 Å². The molecule has 134 valence electrons. The number of benzene rings is 1. The molecule has 1 heterocycles. The standard InChI is InChI=1S/C22H23NO3/c1-2-26-22(25)20(23-14-7-6-13-21(23)24)16-17-9-8-12-19(15-17)18-10-4-3-5-11-18/h3-4,6-10,12-15,20H,2,5,11,16H2,1H3. The molecule has 0 saturated heterocycles. The van der Waals surface area contributed by atoms with Crippen LogP contribution >= 0.6 is 0 Å². The Labute approximate surface area is 153 Å². The van der Waals surface area contributed by atoms with E-state index in [0.29, 0.717) is 6.42 Å². The Morgan fingerprint density at radius 3 is 2.85 bits per heavy atom. The Morgan fingerprint density at radius 1 is 1.23 bits per heavy atom. The molecule has 0 spiro atoms. The smallest absolute Gasteiger partial charge is 0.329 e. The summed E-state index contributed by atoms with van der Waals surface area (Å²) < 4.78 is 6.66. The second kappa shape index (κ2) is 8.48. The Morgan fingerprint density at radius 2 is 2.12 bits per heavy atom. The molecule has 3 rings (SSSR count). The quantitative estimate of drug-likeness (QED) is 0.743. The highest BCUT2D eigenvalue weighted by molar-refractivity contribution is 5.75. The Bertz CT molecular complexity index is 892. The predicted molar refractivity (Wildman–Crippen MR) is 103 cm³/mol. The van der Waals surface area contributed by atoms with Crippen LogP contribution in [-0.2, 0) is 16.0 Å². The minimum Gasteiger partial charge on any atom is -0.464 e. The number of pyridine rings is 1. The fraction of sp³-hybridized carbons (Fsp3) is 0.273. The minimum absolute atomic E-state index is 0.207. The molecule has 1 aromatic heterocycles. The normalized spacial score (nSPS) is 14.6. The number of carbonyl (C=O) groups is 1. The fourth-order valence-electron chi connectivity index (χ4n) is 3.20. The predicted octanol–water partition coefficient (Wildman–Crippen LogP) is 3.93. The number of hydrogen-bond donors (Lipinski definition) is 0. The van der Waals surface area contributed by atoms with Crippen LogP contribution in [0.5, 0.6) is 0 Å². The minimum atomic E-state index is -0.667. The number of allylic oxidation sites excluding steroid dienone is 4. The summed E-state index contributed by atoms with van der Waals surface area (Å²) in [7, 11) is 0. The van der Waals surface area contributed by atoms with Crippen molar-refractivity contribution in [2.75, 3.05) is 6.61 Å². The first kappa shape index (κ1) is 17.9. The molecular weight excluding hydrogens is 326 g/mol. The van der Waals surface area contributed by atoms with Crippen LogP contribution in [0, 0.1) is 0 Å². The van der Waals surface area contributed by atoms with Crippen molar-refractivity contribution in [3.63, 3.8) is 0 Å². The van der Waals surface area contributed by atoms with Gasteiger partial charge in [0.25, 0.3) is 5.56 Å². The Kier molecular flexibility index (Phi) is 5.84. The molecule has 0 bridgehead atoms. The molecule has 0 aliphatic heterocycles. The van der Waals surface area contributed by atoms with Gasteiger partial charge in [-0.05, 0) is 42.5 Å². The molecule has 2 aromatic rings. The summed E-state index contributed by atoms with van der Waals surface area (Å²) in [6.45, 7) is 2.06. The average Bonchev–Trinajstić information content (AvgIpc) is 2.68. The third-order valence-electron chi connectivity index (χ3n) is 4.49. The molecule has 1 aromatic carbocycles. The van der Waals surface area contributed by atoms with Crippen molar-refractivity contribution in [2.24, 2.45) is 0 Å². The largest absolute Gasteiger partial charge is 0.464 e. The van der Waals surface area contributed by atoms with Crippen molar-refractivity contribution in [2.45, 2.75) is 32.2 Å². The van der Waals surface area contributed by atoms with Crippen LogP contribution in [0.25, 0.3) is 5.57 Å². The van der Waals surface area contributed by atoms with E-state index in [1.54, 1.807) is 25.3 Å². The maximum atomic E-state index is 12.5. The van der Waals surface area contributed by atoms with Gasteiger partial charge in [0.15, 0.2) is 0 Å². The molecule has 1 unspecified atom stereocenters. The first-order valence-electron chi connectivity index (χ1n) is 8.98. The van der Waals surface area contributed by atoms with E-state index in [1.807, 2.05) is 12.1 Å². The summed E-state index contributed by atoms with van der Waals surface area (Å²) in [5, 5.41) is 0. The van der Waals surface area contributed by atoms with Crippen molar-refractivity contribution < 1.29 is 9.53 Å². The third-order valence-corrected chi connectivity index (χ3v) is 4.49. The van der Waals surface area contributed by atoms with E-state index in [1.165, 1.54) is 16.2 Å². The van der Waals surface area contributed by atoms with Crippen LogP contribution in [0.2, 0.25) is 0 Å². The number of rotatable bonds is 6. The number of nitrogens with zero attached hydrogens (tertiary/aromatic N) is 1. The van der Waals surface area contributed by atoms with E-state index in [2.05, 4.69) is 30.4 Å². The van der Waals surface area contributed by atoms with Crippen LogP contribution in [0.4, 0.5) is 0 Å². The lowest BCUT2D eigenvalue weighted by atomic mass is 9.94. The van der Waals surface area contributed by atoms with E-state index in [4.69, 9.17) is 4.74 Å². The van der Waals surface area contributed by atoms with E-state index in [9.17, 15) is 9.59 Å². The summed E-state index contributed by atoms with van der Waals surface area (Å²) in [6.07, 6.45) is 10.5. The summed E-state index contributed by atoms with van der Waals surface area (Å²) in [6, 6.07) is 12.4. The molecule has 4 nitrogen and oxygen atoms in total. The molecular formula is C22H23NO3. The van der Waals surface area contributed by atoms with Crippen LogP contribution in [-0.4, -0.2) is 17.1 Å². The van der Waals surface area contributed by atoms with Crippen molar-refractivity contribution in [3.8, 4) is 0 Å². The Hall–Kier alpha value is -2.88. The molecule has 0 fully saturated rings. The van der Waals surface area contributed by atoms with Crippen LogP contribution in [0.3, 0.4) is 0 Å². The van der Waals surface area contributed by atoms with Gasteiger partial charge in [0, 0.05) is 18.7 Å². The summed E-state index contributed by atoms with van der Waals surface area (Å²) >= 11 is 0. The number of hydrogen-bond acceptors (Lipinski definition) is 3. The number of ether oxygens (including phenoxy) is 1. The Balaban J connectivity index is 1.91. The number of esters is 1. The molecule has 0 radical (unpaired) electrons. The molecule has 1 aliphatic carbocycles. The van der Waals surface area contributed by atoms with E-state index in [-0.39, 0.29) is 18.1 Å². The van der Waals surface area contributed by atoms with Gasteiger partial charge in [-0.15, -0.1) is 0 Å². The number of carbonyl (C=O) groups excluding carboxylic acids is 1. The van der Waals surface area contributed by atoms with Gasteiger partial charge in [-0.2, -0.15) is 0 Å². The first-order valence-corrected chi connectivity index (χ1v) is 8.98. The lowest BCUT2D eigenvalue weighted by molar-refractivity contribution is -0.147. The zero-order valence-electron chi connectivity index (χ0n) is 14.9. The molecule has 1 aliphatic rings. The topological polar surface area (TPSA) is 48.3 Å². The maximum Gasteiger partial charge on any atom is 0.329 e. The lowest BCUT2D eigenvalue weighted by Crippen LogP contribution is -2.31. The molecule has 4 heteroatoms. The van der Waals surface area contributed by atoms with E-state index < -0.39 is 6.04 Å². The zero-order valence-corrected chi connectivity index (χ0v) is 14.9. The monoisotopic (exact) mass is 349 g/mol. The summed E-state index contributed by atoms with van der Waals surface area (Å²) in [4.78, 5) is 24.7. The number of aromatic nitrogens is 1. The molecule has 0 amide bonds. The molecule has 26 heavy (non-hydrogen) atoms. The van der Waals surface area contributed by atoms with Crippen molar-refractivity contribution >= 4 is 11.5 Å². The van der Waals surface area contributed by atoms with Gasteiger partial charge in [-0.3, -0.25) is 4.79 Å². The summed E-state index contributed by atoms with van der Waals surface area (Å²) in [5.41, 5.74) is 3.25. The third kappa shape index (κ3) is 4.20. The van der Waals surface area contributed by atoms with Crippen LogP contribution < -0.4 is 5.56 Å². The van der Waals surface area contributed by atoms with Crippen LogP contribution in [0.1, 0.15) is 36.9 Å². The van der Waals surface area contributed by atoms with Gasteiger partial charge in [0.1, 0.15) is 6.04 Å². The molecule has 0 N–H and O–H groups in total. The molecule has 1 atom stereocenters. The van der Waals surface area contributed by atoms with Gasteiger partial charge in [-0.1, -0.05) is 48.6 Å². The van der Waals surface area contributed by atoms with Gasteiger partial charge >= 0.3 is 5.97 Å². The van der Waals surface area contributed by atoms with Gasteiger partial charge < -0.3 is 9.30 Å². The average molecular weight is 349 g/mol. The maximum absolute atomic E-state index is 12.5. The van der Waals surface area contributed by atoms with Crippen molar-refractivity contribution in [3.05, 3.63) is 88.4 Å². The van der Waals surface area contributed by atoms with E-state index in [0.717, 1.165) is 24.0 Å². The van der Waals surface area contributed by atoms with Gasteiger partial charge in [0.05, 0.1) is 6.61 Å². The highest BCUT2D eigenvalue weighted by atomic mass is 16.5. The second-order valence-electron chi connectivity index (χ2n) is 6.28. The second-order valence-corrected chi connectivity index (χ2v) is 6.28. The van der Waals surface area contributed by atoms with Crippen LogP contribution in [0.15, 0.2) is 71.7 Å². The van der Waals surface area contributed by atoms with Crippen molar-refractivity contribution in [1.29, 1.82) is 0 Å². The SMILES string of the molecule is CCOC(=O)C(Cc1cccc(C2=CC=CCC2)c1)n1ccccc1=O. The first-order chi connectivity index (χ1) is 12.7. The van der Waals surface area contributed by atoms with Crippen molar-refractivity contribution in [1.82, 2.24) is 4.57 Å². The zero-order chi connectivity index (χ0) is 18.4. The summed E-state index contributed by atoms with van der Waals surface area (Å²) in [5.74, 6) is -0.383. The highest BCUT2D eigenvalue weighted by Crippen LogP contribution is 2.25. The fourth-order valence-corrected chi connectivity index (χ4v) is 3.20. The molecule has 0 saturated carbocycles. The van der Waals surface area contributed by atoms with E-state index >= 15 is 0 Å². The van der Waals surface area contributed by atoms with Gasteiger partial charge in [0.2, 0.25) is 0 Å². The lowest BCUT2D eigenvalue weighted by Gasteiger charge is -2.19.